The highest BCUT2D eigenvalue weighted by Gasteiger charge is 2.29. The van der Waals surface area contributed by atoms with Crippen LogP contribution in [-0.2, 0) is 19.1 Å². The van der Waals surface area contributed by atoms with E-state index in [-0.39, 0.29) is 0 Å². The van der Waals surface area contributed by atoms with Crippen molar-refractivity contribution in [2.75, 3.05) is 6.54 Å². The minimum Gasteiger partial charge on any atom is -0.330 e. The van der Waals surface area contributed by atoms with Crippen LogP contribution in [0.2, 0.25) is 0 Å². The Bertz CT molecular complexity index is 529. The predicted octanol–water partition coefficient (Wildman–Crippen LogP) is 2.45. The summed E-state index contributed by atoms with van der Waals surface area (Å²) < 4.78 is 39.2. The van der Waals surface area contributed by atoms with Gasteiger partial charge in [-0.25, -0.2) is 4.98 Å². The Kier molecular flexibility index (Phi) is 3.90. The molecule has 0 aliphatic heterocycles. The number of aromatic nitrogens is 2. The van der Waals surface area contributed by atoms with E-state index < -0.39 is 11.7 Å². The molecule has 1 heterocycles. The Balaban J connectivity index is 2.13. The van der Waals surface area contributed by atoms with Crippen LogP contribution in [0.1, 0.15) is 16.8 Å². The molecule has 0 saturated heterocycles. The highest BCUT2D eigenvalue weighted by Crippen LogP contribution is 2.29. The fourth-order valence-electron chi connectivity index (χ4n) is 1.84. The van der Waals surface area contributed by atoms with E-state index in [1.165, 1.54) is 12.1 Å². The van der Waals surface area contributed by atoms with E-state index in [1.54, 1.807) is 12.5 Å². The van der Waals surface area contributed by atoms with Gasteiger partial charge in [0.15, 0.2) is 0 Å². The van der Waals surface area contributed by atoms with Crippen molar-refractivity contribution in [1.29, 1.82) is 0 Å². The topological polar surface area (TPSA) is 43.8 Å². The zero-order valence-corrected chi connectivity index (χ0v) is 10.2. The van der Waals surface area contributed by atoms with Gasteiger partial charge in [0.05, 0.1) is 11.9 Å². The minimum absolute atomic E-state index is 0.494. The molecule has 0 fully saturated rings. The van der Waals surface area contributed by atoms with Crippen LogP contribution in [0, 0.1) is 0 Å². The van der Waals surface area contributed by atoms with Gasteiger partial charge in [0.1, 0.15) is 0 Å². The lowest BCUT2D eigenvalue weighted by atomic mass is 10.1. The van der Waals surface area contributed by atoms with Crippen LogP contribution >= 0.6 is 0 Å². The first-order chi connectivity index (χ1) is 9.00. The highest BCUT2D eigenvalue weighted by atomic mass is 19.4. The summed E-state index contributed by atoms with van der Waals surface area (Å²) in [5, 5.41) is 0. The van der Waals surface area contributed by atoms with Crippen molar-refractivity contribution < 1.29 is 13.2 Å². The van der Waals surface area contributed by atoms with Crippen molar-refractivity contribution in [2.45, 2.75) is 19.1 Å². The Hall–Kier alpha value is -1.82. The molecule has 1 aromatic heterocycles. The number of nitrogens with two attached hydrogens (primary N) is 1. The van der Waals surface area contributed by atoms with Crippen molar-refractivity contribution >= 4 is 0 Å². The Morgan fingerprint density at radius 1 is 1.16 bits per heavy atom. The van der Waals surface area contributed by atoms with Gasteiger partial charge >= 0.3 is 6.18 Å². The molecule has 0 aliphatic rings. The van der Waals surface area contributed by atoms with E-state index in [2.05, 4.69) is 4.98 Å². The quantitative estimate of drug-likeness (QED) is 0.926. The summed E-state index contributed by atoms with van der Waals surface area (Å²) in [6, 6.07) is 5.15. The molecule has 1 aromatic carbocycles. The molecule has 0 spiro atoms. The highest BCUT2D eigenvalue weighted by molar-refractivity contribution is 5.25. The second-order valence-electron chi connectivity index (χ2n) is 4.25. The van der Waals surface area contributed by atoms with Gasteiger partial charge in [0.2, 0.25) is 0 Å². The summed E-state index contributed by atoms with van der Waals surface area (Å²) in [5.74, 6) is 0. The van der Waals surface area contributed by atoms with Gasteiger partial charge in [-0.3, -0.25) is 0 Å². The van der Waals surface area contributed by atoms with Crippen LogP contribution in [0.3, 0.4) is 0 Å². The van der Waals surface area contributed by atoms with E-state index in [0.717, 1.165) is 23.4 Å². The molecule has 0 aliphatic carbocycles. The van der Waals surface area contributed by atoms with Gasteiger partial charge in [0.25, 0.3) is 0 Å². The molecule has 3 nitrogen and oxygen atoms in total. The third kappa shape index (κ3) is 3.35. The van der Waals surface area contributed by atoms with E-state index >= 15 is 0 Å². The summed E-state index contributed by atoms with van der Waals surface area (Å²) >= 11 is 0. The van der Waals surface area contributed by atoms with Crippen molar-refractivity contribution in [1.82, 2.24) is 9.55 Å². The van der Waals surface area contributed by atoms with Gasteiger partial charge < -0.3 is 10.3 Å². The molecule has 0 amide bonds. The molecule has 6 heteroatoms. The van der Waals surface area contributed by atoms with Crippen molar-refractivity contribution in [3.05, 3.63) is 53.6 Å². The first-order valence-corrected chi connectivity index (χ1v) is 5.86. The number of nitrogens with zero attached hydrogens (tertiary/aromatic N) is 2. The largest absolute Gasteiger partial charge is 0.416 e. The fraction of sp³-hybridized carbons (Fsp3) is 0.308. The van der Waals surface area contributed by atoms with Crippen LogP contribution in [0.15, 0.2) is 36.8 Å². The molecule has 0 radical (unpaired) electrons. The number of benzene rings is 1. The van der Waals surface area contributed by atoms with Crippen LogP contribution in [0.25, 0.3) is 0 Å². The number of hydrogen-bond acceptors (Lipinski definition) is 2. The maximum absolute atomic E-state index is 12.4. The normalized spacial score (nSPS) is 11.8. The Morgan fingerprint density at radius 3 is 2.42 bits per heavy atom. The number of halogens is 3. The summed E-state index contributed by atoms with van der Waals surface area (Å²) in [5.41, 5.74) is 6.62. The standard InChI is InChI=1S/C13H14F3N3/c14-13(15,16)11-3-1-10(2-4-11)8-19-9-18-7-12(19)5-6-17/h1-4,7,9H,5-6,8,17H2. The second kappa shape index (κ2) is 5.44. The number of rotatable bonds is 4. The molecule has 0 bridgehead atoms. The summed E-state index contributed by atoms with van der Waals surface area (Å²) in [6.45, 7) is 1.01. The monoisotopic (exact) mass is 269 g/mol. The predicted molar refractivity (Wildman–Crippen MR) is 65.5 cm³/mol. The van der Waals surface area contributed by atoms with Crippen molar-refractivity contribution in [3.63, 3.8) is 0 Å². The molecular formula is C13H14F3N3. The van der Waals surface area contributed by atoms with Gasteiger partial charge in [-0.2, -0.15) is 13.2 Å². The van der Waals surface area contributed by atoms with Gasteiger partial charge in [0, 0.05) is 24.9 Å². The average molecular weight is 269 g/mol. The number of alkyl halides is 3. The Morgan fingerprint density at radius 2 is 1.84 bits per heavy atom. The van der Waals surface area contributed by atoms with E-state index in [0.29, 0.717) is 19.5 Å². The lowest BCUT2D eigenvalue weighted by Crippen LogP contribution is -2.09. The molecule has 0 atom stereocenters. The molecule has 2 rings (SSSR count). The first kappa shape index (κ1) is 13.6. The molecular weight excluding hydrogens is 255 g/mol. The van der Waals surface area contributed by atoms with E-state index in [9.17, 15) is 13.2 Å². The second-order valence-corrected chi connectivity index (χ2v) is 4.25. The smallest absolute Gasteiger partial charge is 0.330 e. The van der Waals surface area contributed by atoms with Crippen LogP contribution < -0.4 is 5.73 Å². The maximum atomic E-state index is 12.4. The first-order valence-electron chi connectivity index (χ1n) is 5.86. The minimum atomic E-state index is -4.29. The summed E-state index contributed by atoms with van der Waals surface area (Å²) in [4.78, 5) is 4.02. The zero-order chi connectivity index (χ0) is 13.9. The molecule has 0 unspecified atom stereocenters. The van der Waals surface area contributed by atoms with Crippen molar-refractivity contribution in [2.24, 2.45) is 5.73 Å². The molecule has 102 valence electrons. The summed E-state index contributed by atoms with van der Waals surface area (Å²) in [7, 11) is 0. The third-order valence-corrected chi connectivity index (χ3v) is 2.83. The van der Waals surface area contributed by atoms with Gasteiger partial charge in [-0.05, 0) is 24.2 Å². The van der Waals surface area contributed by atoms with Crippen LogP contribution in [0.5, 0.6) is 0 Å². The fourth-order valence-corrected chi connectivity index (χ4v) is 1.84. The molecule has 2 N–H and O–H groups in total. The molecule has 2 aromatic rings. The third-order valence-electron chi connectivity index (χ3n) is 2.83. The zero-order valence-electron chi connectivity index (χ0n) is 10.2. The SMILES string of the molecule is NCCc1cncn1Cc1ccc(C(F)(F)F)cc1. The van der Waals surface area contributed by atoms with E-state index in [1.807, 2.05) is 4.57 Å². The van der Waals surface area contributed by atoms with Crippen LogP contribution in [0.4, 0.5) is 13.2 Å². The van der Waals surface area contributed by atoms with Gasteiger partial charge in [-0.15, -0.1) is 0 Å². The van der Waals surface area contributed by atoms with Crippen molar-refractivity contribution in [3.8, 4) is 0 Å². The lowest BCUT2D eigenvalue weighted by Gasteiger charge is -2.10. The lowest BCUT2D eigenvalue weighted by molar-refractivity contribution is -0.137. The molecule has 19 heavy (non-hydrogen) atoms. The van der Waals surface area contributed by atoms with E-state index in [4.69, 9.17) is 5.73 Å². The summed E-state index contributed by atoms with van der Waals surface area (Å²) in [6.07, 6.45) is -0.224. The Labute approximate surface area is 108 Å². The maximum Gasteiger partial charge on any atom is 0.416 e. The van der Waals surface area contributed by atoms with Crippen LogP contribution in [-0.4, -0.2) is 16.1 Å². The number of imidazole rings is 1. The van der Waals surface area contributed by atoms with Gasteiger partial charge in [-0.1, -0.05) is 12.1 Å². The number of hydrogen-bond donors (Lipinski definition) is 1. The average Bonchev–Trinajstić information content (AvgIpc) is 2.77. The molecule has 0 saturated carbocycles.